The molecule has 27 heavy (non-hydrogen) atoms. The second kappa shape index (κ2) is 7.30. The van der Waals surface area contributed by atoms with Gasteiger partial charge in [0, 0.05) is 26.6 Å². The van der Waals surface area contributed by atoms with E-state index in [1.807, 2.05) is 17.0 Å². The first-order chi connectivity index (χ1) is 13.1. The highest BCUT2D eigenvalue weighted by atomic mass is 19.1. The van der Waals surface area contributed by atoms with E-state index in [1.165, 1.54) is 6.07 Å². The minimum absolute atomic E-state index is 0.141. The number of nitrogens with one attached hydrogen (secondary N) is 1. The van der Waals surface area contributed by atoms with Gasteiger partial charge in [-0.2, -0.15) is 4.52 Å². The molecule has 1 aliphatic heterocycles. The maximum Gasteiger partial charge on any atom is 0.219 e. The van der Waals surface area contributed by atoms with E-state index in [2.05, 4.69) is 20.6 Å². The standard InChI is InChI=1S/C19H21FN6O/c1-13(27)25-10-8-14(9-11-25)12-21-17-6-7-18-22-23-19(26(18)24-17)15-4-2-3-5-16(15)20/h2-7,14H,8-12H2,1H3,(H,21,24). The quantitative estimate of drug-likeness (QED) is 0.766. The molecule has 3 heterocycles. The molecule has 8 heteroatoms. The number of likely N-dealkylation sites (tertiary alicyclic amines) is 1. The number of anilines is 1. The Labute approximate surface area is 156 Å². The van der Waals surface area contributed by atoms with Crippen LogP contribution in [0.2, 0.25) is 0 Å². The van der Waals surface area contributed by atoms with Gasteiger partial charge in [0.2, 0.25) is 5.91 Å². The van der Waals surface area contributed by atoms with Crippen molar-refractivity contribution in [2.45, 2.75) is 19.8 Å². The average Bonchev–Trinajstić information content (AvgIpc) is 3.10. The molecule has 1 saturated heterocycles. The number of piperidine rings is 1. The first-order valence-electron chi connectivity index (χ1n) is 9.08. The van der Waals surface area contributed by atoms with Crippen molar-refractivity contribution in [3.63, 3.8) is 0 Å². The van der Waals surface area contributed by atoms with Crippen LogP contribution >= 0.6 is 0 Å². The lowest BCUT2D eigenvalue weighted by Crippen LogP contribution is -2.38. The van der Waals surface area contributed by atoms with Gasteiger partial charge in [0.15, 0.2) is 11.5 Å². The van der Waals surface area contributed by atoms with Gasteiger partial charge in [-0.25, -0.2) is 4.39 Å². The van der Waals surface area contributed by atoms with Gasteiger partial charge in [-0.15, -0.1) is 15.3 Å². The number of hydrogen-bond acceptors (Lipinski definition) is 5. The lowest BCUT2D eigenvalue weighted by atomic mass is 9.97. The van der Waals surface area contributed by atoms with E-state index in [1.54, 1.807) is 29.6 Å². The summed E-state index contributed by atoms with van der Waals surface area (Å²) in [5, 5.41) is 16.0. The van der Waals surface area contributed by atoms with Gasteiger partial charge in [0.05, 0.1) is 5.56 Å². The molecule has 0 saturated carbocycles. The zero-order valence-electron chi connectivity index (χ0n) is 15.1. The average molecular weight is 368 g/mol. The van der Waals surface area contributed by atoms with Crippen molar-refractivity contribution in [1.29, 1.82) is 0 Å². The summed E-state index contributed by atoms with van der Waals surface area (Å²) in [7, 11) is 0. The molecule has 0 unspecified atom stereocenters. The molecular weight excluding hydrogens is 347 g/mol. The molecule has 140 valence electrons. The Morgan fingerprint density at radius 1 is 1.19 bits per heavy atom. The Hall–Kier alpha value is -3.03. The molecule has 2 aromatic heterocycles. The molecule has 4 rings (SSSR count). The van der Waals surface area contributed by atoms with Crippen LogP contribution in [0, 0.1) is 11.7 Å². The number of benzene rings is 1. The summed E-state index contributed by atoms with van der Waals surface area (Å²) in [6.07, 6.45) is 1.95. The van der Waals surface area contributed by atoms with E-state index in [9.17, 15) is 9.18 Å². The molecule has 0 bridgehead atoms. The minimum atomic E-state index is -0.357. The van der Waals surface area contributed by atoms with Crippen LogP contribution in [0.4, 0.5) is 10.2 Å². The third kappa shape index (κ3) is 3.60. The van der Waals surface area contributed by atoms with Gasteiger partial charge in [-0.1, -0.05) is 12.1 Å². The van der Waals surface area contributed by atoms with E-state index in [-0.39, 0.29) is 11.7 Å². The molecule has 1 aliphatic rings. The summed E-state index contributed by atoms with van der Waals surface area (Å²) in [6, 6.07) is 10.1. The maximum atomic E-state index is 14.1. The van der Waals surface area contributed by atoms with Gasteiger partial charge in [0.25, 0.3) is 0 Å². The second-order valence-corrected chi connectivity index (χ2v) is 6.82. The second-order valence-electron chi connectivity index (χ2n) is 6.82. The normalized spacial score (nSPS) is 15.3. The summed E-state index contributed by atoms with van der Waals surface area (Å²) < 4.78 is 15.7. The van der Waals surface area contributed by atoms with E-state index in [4.69, 9.17) is 0 Å². The Bertz CT molecular complexity index is 964. The van der Waals surface area contributed by atoms with Crippen molar-refractivity contribution >= 4 is 17.4 Å². The molecule has 0 atom stereocenters. The summed E-state index contributed by atoms with van der Waals surface area (Å²) in [6.45, 7) is 4.00. The topological polar surface area (TPSA) is 75.4 Å². The third-order valence-electron chi connectivity index (χ3n) is 5.01. The van der Waals surface area contributed by atoms with Crippen molar-refractivity contribution in [2.75, 3.05) is 25.0 Å². The molecule has 1 amide bonds. The summed E-state index contributed by atoms with van der Waals surface area (Å²) in [5.74, 6) is 1.34. The van der Waals surface area contributed by atoms with Crippen LogP contribution < -0.4 is 5.32 Å². The molecule has 1 fully saturated rings. The van der Waals surface area contributed by atoms with E-state index >= 15 is 0 Å². The number of carbonyl (C=O) groups excluding carboxylic acids is 1. The summed E-state index contributed by atoms with van der Waals surface area (Å²) >= 11 is 0. The van der Waals surface area contributed by atoms with Crippen molar-refractivity contribution in [1.82, 2.24) is 24.7 Å². The smallest absolute Gasteiger partial charge is 0.219 e. The highest BCUT2D eigenvalue weighted by molar-refractivity contribution is 5.73. The molecule has 1 N–H and O–H groups in total. The number of fused-ring (bicyclic) bond motifs is 1. The Morgan fingerprint density at radius 2 is 1.96 bits per heavy atom. The van der Waals surface area contributed by atoms with Crippen molar-refractivity contribution in [3.05, 3.63) is 42.2 Å². The SMILES string of the molecule is CC(=O)N1CCC(CNc2ccc3nnc(-c4ccccc4F)n3n2)CC1. The largest absolute Gasteiger partial charge is 0.368 e. The van der Waals surface area contributed by atoms with Crippen molar-refractivity contribution < 1.29 is 9.18 Å². The number of amides is 1. The van der Waals surface area contributed by atoms with Crippen molar-refractivity contribution in [3.8, 4) is 11.4 Å². The molecule has 3 aromatic rings. The number of aromatic nitrogens is 4. The van der Waals surface area contributed by atoms with Crippen LogP contribution in [0.1, 0.15) is 19.8 Å². The fourth-order valence-corrected chi connectivity index (χ4v) is 3.39. The predicted molar refractivity (Wildman–Crippen MR) is 99.6 cm³/mol. The van der Waals surface area contributed by atoms with Crippen LogP contribution in [-0.4, -0.2) is 50.3 Å². The molecule has 0 aliphatic carbocycles. The van der Waals surface area contributed by atoms with Gasteiger partial charge >= 0.3 is 0 Å². The first-order valence-corrected chi connectivity index (χ1v) is 9.08. The minimum Gasteiger partial charge on any atom is -0.368 e. The molecule has 1 aromatic carbocycles. The van der Waals surface area contributed by atoms with E-state index in [0.29, 0.717) is 28.8 Å². The Kier molecular flexibility index (Phi) is 4.70. The summed E-state index contributed by atoms with van der Waals surface area (Å²) in [4.78, 5) is 13.3. The lowest BCUT2D eigenvalue weighted by molar-refractivity contribution is -0.130. The number of nitrogens with zero attached hydrogens (tertiary/aromatic N) is 5. The van der Waals surface area contributed by atoms with Crippen LogP contribution in [0.25, 0.3) is 17.0 Å². The van der Waals surface area contributed by atoms with Crippen molar-refractivity contribution in [2.24, 2.45) is 5.92 Å². The summed E-state index contributed by atoms with van der Waals surface area (Å²) in [5.41, 5.74) is 0.930. The lowest BCUT2D eigenvalue weighted by Gasteiger charge is -2.31. The zero-order chi connectivity index (χ0) is 18.8. The molecule has 0 radical (unpaired) electrons. The number of halogens is 1. The fourth-order valence-electron chi connectivity index (χ4n) is 3.39. The highest BCUT2D eigenvalue weighted by Gasteiger charge is 2.20. The van der Waals surface area contributed by atoms with Gasteiger partial charge < -0.3 is 10.2 Å². The number of rotatable bonds is 4. The Balaban J connectivity index is 1.48. The predicted octanol–water partition coefficient (Wildman–Crippen LogP) is 2.60. The van der Waals surface area contributed by atoms with Gasteiger partial charge in [0.1, 0.15) is 11.6 Å². The van der Waals surface area contributed by atoms with Gasteiger partial charge in [-0.05, 0) is 43.0 Å². The van der Waals surface area contributed by atoms with E-state index in [0.717, 1.165) is 32.5 Å². The number of hydrogen-bond donors (Lipinski definition) is 1. The van der Waals surface area contributed by atoms with Crippen LogP contribution in [0.5, 0.6) is 0 Å². The third-order valence-corrected chi connectivity index (χ3v) is 5.01. The van der Waals surface area contributed by atoms with Gasteiger partial charge in [-0.3, -0.25) is 4.79 Å². The van der Waals surface area contributed by atoms with Crippen LogP contribution in [0.3, 0.4) is 0 Å². The first kappa shape index (κ1) is 17.4. The zero-order valence-corrected chi connectivity index (χ0v) is 15.1. The van der Waals surface area contributed by atoms with Crippen LogP contribution in [0.15, 0.2) is 36.4 Å². The monoisotopic (exact) mass is 368 g/mol. The highest BCUT2D eigenvalue weighted by Crippen LogP contribution is 2.22. The fraction of sp³-hybridized carbons (Fsp3) is 0.368. The maximum absolute atomic E-state index is 14.1. The van der Waals surface area contributed by atoms with E-state index < -0.39 is 0 Å². The molecule has 7 nitrogen and oxygen atoms in total. The molecular formula is C19H21FN6O. The number of carbonyl (C=O) groups is 1. The van der Waals surface area contributed by atoms with Crippen LogP contribution in [-0.2, 0) is 4.79 Å². The molecule has 0 spiro atoms. The Morgan fingerprint density at radius 3 is 2.70 bits per heavy atom.